The zero-order chi connectivity index (χ0) is 17.7. The minimum absolute atomic E-state index is 0.243. The van der Waals surface area contributed by atoms with Gasteiger partial charge in [0.05, 0.1) is 13.2 Å². The molecule has 138 valence electrons. The smallest absolute Gasteiger partial charge is 0.187 e. The number of fused-ring (bicyclic) bond motifs is 3. The fraction of sp³-hybridized carbons (Fsp3) is 0.684. The molecule has 0 radical (unpaired) electrons. The predicted octanol–water partition coefficient (Wildman–Crippen LogP) is 2.60. The molecule has 1 aromatic carbocycles. The van der Waals surface area contributed by atoms with Crippen LogP contribution in [0.25, 0.3) is 0 Å². The van der Waals surface area contributed by atoms with Gasteiger partial charge in [0, 0.05) is 0 Å². The molecular formula is C19H26O6. The Morgan fingerprint density at radius 2 is 1.60 bits per heavy atom. The first-order valence-electron chi connectivity index (χ1n) is 8.81. The van der Waals surface area contributed by atoms with Crippen LogP contribution in [-0.4, -0.2) is 48.9 Å². The van der Waals surface area contributed by atoms with E-state index in [0.717, 1.165) is 5.56 Å². The molecule has 0 spiro atoms. The molecule has 0 bridgehead atoms. The van der Waals surface area contributed by atoms with Crippen molar-refractivity contribution in [1.82, 2.24) is 0 Å². The predicted molar refractivity (Wildman–Crippen MR) is 88.6 cm³/mol. The molecule has 5 atom stereocenters. The van der Waals surface area contributed by atoms with Crippen LogP contribution in [0.2, 0.25) is 0 Å². The average Bonchev–Trinajstić information content (AvgIpc) is 2.89. The number of benzene rings is 1. The van der Waals surface area contributed by atoms with Crippen molar-refractivity contribution in [2.24, 2.45) is 0 Å². The van der Waals surface area contributed by atoms with Crippen molar-refractivity contribution in [3.8, 4) is 0 Å². The topological polar surface area (TPSA) is 55.4 Å². The van der Waals surface area contributed by atoms with E-state index in [-0.39, 0.29) is 24.4 Å². The van der Waals surface area contributed by atoms with Gasteiger partial charge in [0.25, 0.3) is 0 Å². The van der Waals surface area contributed by atoms with Crippen LogP contribution in [0.4, 0.5) is 0 Å². The highest BCUT2D eigenvalue weighted by Crippen LogP contribution is 2.42. The first kappa shape index (κ1) is 17.4. The van der Waals surface area contributed by atoms with Gasteiger partial charge in [-0.3, -0.25) is 0 Å². The molecule has 0 aromatic heterocycles. The summed E-state index contributed by atoms with van der Waals surface area (Å²) in [6.45, 7) is 8.49. The van der Waals surface area contributed by atoms with Gasteiger partial charge in [-0.05, 0) is 33.3 Å². The van der Waals surface area contributed by atoms with Gasteiger partial charge in [0.2, 0.25) is 0 Å². The van der Waals surface area contributed by atoms with Crippen LogP contribution >= 0.6 is 0 Å². The van der Waals surface area contributed by atoms with Crippen LogP contribution in [0.15, 0.2) is 30.3 Å². The minimum atomic E-state index is -0.701. The second-order valence-corrected chi connectivity index (χ2v) is 7.70. The van der Waals surface area contributed by atoms with Gasteiger partial charge in [-0.15, -0.1) is 0 Å². The Kier molecular flexibility index (Phi) is 4.38. The third-order valence-corrected chi connectivity index (χ3v) is 4.70. The largest absolute Gasteiger partial charge is 0.348 e. The maximum Gasteiger partial charge on any atom is 0.187 e. The highest BCUT2D eigenvalue weighted by Gasteiger charge is 2.58. The normalized spacial score (nSPS) is 38.8. The molecule has 0 N–H and O–H groups in total. The third-order valence-electron chi connectivity index (χ3n) is 4.70. The lowest BCUT2D eigenvalue weighted by atomic mass is 9.97. The van der Waals surface area contributed by atoms with Crippen LogP contribution in [0.3, 0.4) is 0 Å². The van der Waals surface area contributed by atoms with E-state index in [4.69, 9.17) is 28.4 Å². The lowest BCUT2D eigenvalue weighted by molar-refractivity contribution is -0.371. The Bertz CT molecular complexity index is 601. The van der Waals surface area contributed by atoms with Gasteiger partial charge in [-0.25, -0.2) is 0 Å². The van der Waals surface area contributed by atoms with E-state index in [1.165, 1.54) is 0 Å². The number of ether oxygens (including phenoxy) is 6. The van der Waals surface area contributed by atoms with Crippen LogP contribution in [0.1, 0.15) is 33.3 Å². The fourth-order valence-corrected chi connectivity index (χ4v) is 3.63. The van der Waals surface area contributed by atoms with Crippen LogP contribution in [-0.2, 0) is 35.0 Å². The molecule has 4 rings (SSSR count). The van der Waals surface area contributed by atoms with Crippen LogP contribution < -0.4 is 0 Å². The summed E-state index contributed by atoms with van der Waals surface area (Å²) in [5, 5.41) is 0. The molecule has 0 saturated carbocycles. The standard InChI is InChI=1S/C19H26O6/c1-18(2)21-11-13-14(23-18)15-16(25-19(3,4)24-15)17(22-13)20-10-12-8-6-5-7-9-12/h5-9,13-17H,10-11H2,1-4H3/t13-,14-,15+,16-,17-/m1/s1. The Morgan fingerprint density at radius 3 is 2.36 bits per heavy atom. The number of hydrogen-bond donors (Lipinski definition) is 0. The van der Waals surface area contributed by atoms with E-state index < -0.39 is 17.9 Å². The van der Waals surface area contributed by atoms with E-state index in [9.17, 15) is 0 Å². The first-order valence-corrected chi connectivity index (χ1v) is 8.81. The van der Waals surface area contributed by atoms with Crippen molar-refractivity contribution in [3.05, 3.63) is 35.9 Å². The van der Waals surface area contributed by atoms with Gasteiger partial charge < -0.3 is 28.4 Å². The maximum absolute atomic E-state index is 6.14. The molecule has 0 unspecified atom stereocenters. The van der Waals surface area contributed by atoms with Crippen molar-refractivity contribution in [2.45, 2.75) is 76.6 Å². The summed E-state index contributed by atoms with van der Waals surface area (Å²) in [7, 11) is 0. The molecule has 3 aliphatic rings. The molecular weight excluding hydrogens is 324 g/mol. The Labute approximate surface area is 148 Å². The van der Waals surface area contributed by atoms with E-state index in [2.05, 4.69) is 0 Å². The highest BCUT2D eigenvalue weighted by atomic mass is 16.8. The summed E-state index contributed by atoms with van der Waals surface area (Å²) in [6.07, 6.45) is -1.60. The Morgan fingerprint density at radius 1 is 0.920 bits per heavy atom. The van der Waals surface area contributed by atoms with Crippen molar-refractivity contribution in [3.63, 3.8) is 0 Å². The molecule has 3 fully saturated rings. The molecule has 25 heavy (non-hydrogen) atoms. The van der Waals surface area contributed by atoms with Crippen LogP contribution in [0.5, 0.6) is 0 Å². The van der Waals surface area contributed by atoms with Gasteiger partial charge in [0.1, 0.15) is 24.4 Å². The van der Waals surface area contributed by atoms with Crippen molar-refractivity contribution >= 4 is 0 Å². The number of hydrogen-bond acceptors (Lipinski definition) is 6. The second-order valence-electron chi connectivity index (χ2n) is 7.70. The first-order chi connectivity index (χ1) is 11.8. The van der Waals surface area contributed by atoms with Gasteiger partial charge in [-0.2, -0.15) is 0 Å². The van der Waals surface area contributed by atoms with E-state index in [0.29, 0.717) is 13.2 Å². The van der Waals surface area contributed by atoms with E-state index >= 15 is 0 Å². The molecule has 1 aromatic rings. The summed E-state index contributed by atoms with van der Waals surface area (Å²) in [4.78, 5) is 0. The monoisotopic (exact) mass is 350 g/mol. The van der Waals surface area contributed by atoms with Gasteiger partial charge in [0.15, 0.2) is 17.9 Å². The molecule has 0 aliphatic carbocycles. The van der Waals surface area contributed by atoms with Crippen molar-refractivity contribution in [2.75, 3.05) is 6.61 Å². The third kappa shape index (κ3) is 3.60. The maximum atomic E-state index is 6.14. The summed E-state index contributed by atoms with van der Waals surface area (Å²) < 4.78 is 36.2. The quantitative estimate of drug-likeness (QED) is 0.835. The molecule has 0 amide bonds. The molecule has 3 heterocycles. The summed E-state index contributed by atoms with van der Waals surface area (Å²) in [5.41, 5.74) is 1.08. The summed E-state index contributed by atoms with van der Waals surface area (Å²) in [5.74, 6) is -1.36. The van der Waals surface area contributed by atoms with Crippen molar-refractivity contribution in [1.29, 1.82) is 0 Å². The summed E-state index contributed by atoms with van der Waals surface area (Å²) >= 11 is 0. The molecule has 3 aliphatic heterocycles. The fourth-order valence-electron chi connectivity index (χ4n) is 3.63. The molecule has 3 saturated heterocycles. The average molecular weight is 350 g/mol. The zero-order valence-corrected chi connectivity index (χ0v) is 15.1. The van der Waals surface area contributed by atoms with Crippen molar-refractivity contribution < 1.29 is 28.4 Å². The highest BCUT2D eigenvalue weighted by molar-refractivity contribution is 5.13. The SMILES string of the molecule is CC1(C)O[C@@H]2[C@@H](O1)[C@H](OCc1ccccc1)O[C@@H]1COC(C)(C)O[C@@H]21. The van der Waals surface area contributed by atoms with E-state index in [1.54, 1.807) is 0 Å². The van der Waals surface area contributed by atoms with Gasteiger partial charge in [-0.1, -0.05) is 30.3 Å². The van der Waals surface area contributed by atoms with Crippen LogP contribution in [0, 0.1) is 0 Å². The van der Waals surface area contributed by atoms with E-state index in [1.807, 2.05) is 58.0 Å². The summed E-state index contributed by atoms with van der Waals surface area (Å²) in [6, 6.07) is 10.0. The zero-order valence-electron chi connectivity index (χ0n) is 15.1. The lowest BCUT2D eigenvalue weighted by Gasteiger charge is -2.48. The Balaban J connectivity index is 1.51. The Hall–Kier alpha value is -1.02. The van der Waals surface area contributed by atoms with Gasteiger partial charge >= 0.3 is 0 Å². The molecule has 6 heteroatoms. The minimum Gasteiger partial charge on any atom is -0.348 e. The lowest BCUT2D eigenvalue weighted by Crippen LogP contribution is -2.63. The second kappa shape index (κ2) is 6.30. The number of rotatable bonds is 3. The molecule has 6 nitrogen and oxygen atoms in total.